The van der Waals surface area contributed by atoms with E-state index in [1.165, 1.54) is 11.3 Å². The molecular formula is C16H18ClN5O2S. The van der Waals surface area contributed by atoms with Gasteiger partial charge in [-0.25, -0.2) is 4.98 Å². The van der Waals surface area contributed by atoms with Crippen LogP contribution in [0.1, 0.15) is 28.7 Å². The number of nitrogens with zero attached hydrogens (tertiary/aromatic N) is 2. The van der Waals surface area contributed by atoms with E-state index in [0.717, 1.165) is 40.2 Å². The number of carbonyl (C=O) groups excluding carboxylic acids is 1. The summed E-state index contributed by atoms with van der Waals surface area (Å²) < 4.78 is 6.47. The van der Waals surface area contributed by atoms with Crippen molar-refractivity contribution in [3.05, 3.63) is 35.2 Å². The Hall–Kier alpha value is -2.16. The van der Waals surface area contributed by atoms with Crippen LogP contribution < -0.4 is 15.4 Å². The van der Waals surface area contributed by atoms with E-state index >= 15 is 0 Å². The zero-order chi connectivity index (χ0) is 16.5. The van der Waals surface area contributed by atoms with Gasteiger partial charge in [0.2, 0.25) is 0 Å². The zero-order valence-electron chi connectivity index (χ0n) is 13.6. The molecule has 7 nitrogen and oxygen atoms in total. The van der Waals surface area contributed by atoms with Crippen molar-refractivity contribution in [3.63, 3.8) is 0 Å². The van der Waals surface area contributed by atoms with E-state index in [9.17, 15) is 4.79 Å². The van der Waals surface area contributed by atoms with Gasteiger partial charge >= 0.3 is 0 Å². The van der Waals surface area contributed by atoms with Crippen LogP contribution >= 0.6 is 23.7 Å². The number of rotatable bonds is 4. The van der Waals surface area contributed by atoms with Gasteiger partial charge in [-0.1, -0.05) is 11.3 Å². The normalized spacial score (nSPS) is 13.2. The molecule has 0 unspecified atom stereocenters. The molecule has 0 radical (unpaired) electrons. The summed E-state index contributed by atoms with van der Waals surface area (Å²) in [5.41, 5.74) is 3.25. The molecule has 1 aromatic carbocycles. The van der Waals surface area contributed by atoms with Gasteiger partial charge in [0.05, 0.1) is 16.8 Å². The standard InChI is InChI=1S/C16H17N5O2S.ClH/c1-2-23-9-3-4-12-13(7-9)24-16(18-12)19-15(22)14-10-8-17-6-5-11(10)20-21-14;/h3-4,7,17H,2,5-6,8H2,1H3,(H,20,21)(H,18,19,22);1H. The average molecular weight is 380 g/mol. The number of benzene rings is 1. The number of nitrogens with one attached hydrogen (secondary N) is 3. The number of carbonyl (C=O) groups is 1. The van der Waals surface area contributed by atoms with Crippen molar-refractivity contribution < 1.29 is 9.53 Å². The van der Waals surface area contributed by atoms with Crippen molar-refractivity contribution in [3.8, 4) is 5.75 Å². The molecule has 0 saturated carbocycles. The number of hydrogen-bond acceptors (Lipinski definition) is 6. The van der Waals surface area contributed by atoms with Crippen LogP contribution in [0.2, 0.25) is 0 Å². The van der Waals surface area contributed by atoms with E-state index in [0.29, 0.717) is 24.0 Å². The zero-order valence-corrected chi connectivity index (χ0v) is 15.2. The summed E-state index contributed by atoms with van der Waals surface area (Å²) in [5.74, 6) is 0.569. The quantitative estimate of drug-likeness (QED) is 0.648. The highest BCUT2D eigenvalue weighted by Crippen LogP contribution is 2.29. The molecule has 25 heavy (non-hydrogen) atoms. The number of fused-ring (bicyclic) bond motifs is 2. The van der Waals surface area contributed by atoms with E-state index in [-0.39, 0.29) is 18.3 Å². The van der Waals surface area contributed by atoms with Crippen molar-refractivity contribution in [2.24, 2.45) is 0 Å². The minimum absolute atomic E-state index is 0. The topological polar surface area (TPSA) is 91.9 Å². The molecule has 0 atom stereocenters. The first kappa shape index (κ1) is 17.7. The molecule has 1 aliphatic rings. The second kappa shape index (κ2) is 7.38. The summed E-state index contributed by atoms with van der Waals surface area (Å²) >= 11 is 1.42. The fourth-order valence-corrected chi connectivity index (χ4v) is 3.67. The third-order valence-electron chi connectivity index (χ3n) is 3.91. The van der Waals surface area contributed by atoms with E-state index in [2.05, 4.69) is 25.8 Å². The number of hydrogen-bond donors (Lipinski definition) is 3. The Labute approximate surface area is 154 Å². The Morgan fingerprint density at radius 3 is 3.16 bits per heavy atom. The van der Waals surface area contributed by atoms with Gasteiger partial charge in [-0.2, -0.15) is 5.10 Å². The van der Waals surface area contributed by atoms with Crippen molar-refractivity contribution in [1.82, 2.24) is 20.5 Å². The number of H-pyrrole nitrogens is 1. The predicted molar refractivity (Wildman–Crippen MR) is 100.0 cm³/mol. The van der Waals surface area contributed by atoms with Crippen LogP contribution in [0.5, 0.6) is 5.75 Å². The lowest BCUT2D eigenvalue weighted by Crippen LogP contribution is -2.25. The molecule has 1 amide bonds. The summed E-state index contributed by atoms with van der Waals surface area (Å²) in [6.07, 6.45) is 0.858. The number of anilines is 1. The summed E-state index contributed by atoms with van der Waals surface area (Å²) in [7, 11) is 0. The number of ether oxygens (including phenoxy) is 1. The Morgan fingerprint density at radius 2 is 2.32 bits per heavy atom. The second-order valence-corrected chi connectivity index (χ2v) is 6.52. The van der Waals surface area contributed by atoms with Gasteiger partial charge in [0.1, 0.15) is 5.75 Å². The summed E-state index contributed by atoms with van der Waals surface area (Å²) in [6, 6.07) is 5.71. The monoisotopic (exact) mass is 379 g/mol. The van der Waals surface area contributed by atoms with Crippen LogP contribution in [0, 0.1) is 0 Å². The molecule has 3 heterocycles. The first-order valence-electron chi connectivity index (χ1n) is 7.86. The molecule has 2 aromatic heterocycles. The highest BCUT2D eigenvalue weighted by molar-refractivity contribution is 7.22. The van der Waals surface area contributed by atoms with E-state index in [4.69, 9.17) is 4.74 Å². The predicted octanol–water partition coefficient (Wildman–Crippen LogP) is 2.74. The number of amides is 1. The number of halogens is 1. The first-order chi connectivity index (χ1) is 11.7. The fraction of sp³-hybridized carbons (Fsp3) is 0.312. The van der Waals surface area contributed by atoms with Gasteiger partial charge in [-0.3, -0.25) is 15.2 Å². The average Bonchev–Trinajstić information content (AvgIpc) is 3.18. The van der Waals surface area contributed by atoms with Crippen molar-refractivity contribution in [2.45, 2.75) is 19.9 Å². The molecule has 3 N–H and O–H groups in total. The van der Waals surface area contributed by atoms with E-state index in [1.54, 1.807) is 0 Å². The first-order valence-corrected chi connectivity index (χ1v) is 8.68. The maximum absolute atomic E-state index is 12.5. The fourth-order valence-electron chi connectivity index (χ4n) is 2.78. The molecule has 3 aromatic rings. The van der Waals surface area contributed by atoms with Crippen molar-refractivity contribution >= 4 is 45.0 Å². The third-order valence-corrected chi connectivity index (χ3v) is 4.85. The largest absolute Gasteiger partial charge is 0.494 e. The van der Waals surface area contributed by atoms with Crippen LogP contribution in [0.15, 0.2) is 18.2 Å². The Kier molecular flexibility index (Phi) is 5.22. The molecule has 0 saturated heterocycles. The number of aromatic nitrogens is 3. The molecule has 0 bridgehead atoms. The Balaban J connectivity index is 0.00000182. The highest BCUT2D eigenvalue weighted by atomic mass is 35.5. The summed E-state index contributed by atoms with van der Waals surface area (Å²) in [5, 5.41) is 13.8. The van der Waals surface area contributed by atoms with Crippen LogP contribution in [-0.4, -0.2) is 34.2 Å². The minimum Gasteiger partial charge on any atom is -0.494 e. The van der Waals surface area contributed by atoms with Crippen molar-refractivity contribution in [2.75, 3.05) is 18.5 Å². The maximum Gasteiger partial charge on any atom is 0.278 e. The molecule has 0 fully saturated rings. The van der Waals surface area contributed by atoms with Crippen LogP contribution in [0.3, 0.4) is 0 Å². The van der Waals surface area contributed by atoms with Gasteiger partial charge < -0.3 is 10.1 Å². The lowest BCUT2D eigenvalue weighted by atomic mass is 10.1. The molecule has 132 valence electrons. The van der Waals surface area contributed by atoms with E-state index < -0.39 is 0 Å². The van der Waals surface area contributed by atoms with Crippen LogP contribution in [-0.2, 0) is 13.0 Å². The van der Waals surface area contributed by atoms with Crippen molar-refractivity contribution in [1.29, 1.82) is 0 Å². The summed E-state index contributed by atoms with van der Waals surface area (Å²) in [6.45, 7) is 4.12. The Morgan fingerprint density at radius 1 is 1.44 bits per heavy atom. The smallest absolute Gasteiger partial charge is 0.278 e. The molecule has 1 aliphatic heterocycles. The van der Waals surface area contributed by atoms with Gasteiger partial charge in [0.15, 0.2) is 10.8 Å². The van der Waals surface area contributed by atoms with Gasteiger partial charge in [-0.05, 0) is 25.1 Å². The van der Waals surface area contributed by atoms with E-state index in [1.807, 2.05) is 25.1 Å². The molecule has 9 heteroatoms. The molecular weight excluding hydrogens is 362 g/mol. The van der Waals surface area contributed by atoms with Gasteiger partial charge in [0.25, 0.3) is 5.91 Å². The molecule has 0 spiro atoms. The third kappa shape index (κ3) is 3.46. The number of thiazole rings is 1. The SMILES string of the molecule is CCOc1ccc2nc(NC(=O)c3n[nH]c4c3CNCC4)sc2c1.Cl. The highest BCUT2D eigenvalue weighted by Gasteiger charge is 2.22. The number of aromatic amines is 1. The molecule has 0 aliphatic carbocycles. The lowest BCUT2D eigenvalue weighted by Gasteiger charge is -2.12. The van der Waals surface area contributed by atoms with Crippen LogP contribution in [0.4, 0.5) is 5.13 Å². The Bertz CT molecular complexity index is 907. The maximum atomic E-state index is 12.5. The van der Waals surface area contributed by atoms with Gasteiger partial charge in [0, 0.05) is 30.8 Å². The summed E-state index contributed by atoms with van der Waals surface area (Å²) in [4.78, 5) is 17.0. The van der Waals surface area contributed by atoms with Crippen LogP contribution in [0.25, 0.3) is 10.2 Å². The van der Waals surface area contributed by atoms with Gasteiger partial charge in [-0.15, -0.1) is 12.4 Å². The minimum atomic E-state index is -0.236. The lowest BCUT2D eigenvalue weighted by molar-refractivity contribution is 0.102. The molecule has 4 rings (SSSR count). The second-order valence-electron chi connectivity index (χ2n) is 5.49.